The maximum absolute atomic E-state index is 13.2. The van der Waals surface area contributed by atoms with Gasteiger partial charge in [-0.25, -0.2) is 9.18 Å². The first kappa shape index (κ1) is 21.1. The van der Waals surface area contributed by atoms with Crippen LogP contribution in [0.1, 0.15) is 22.6 Å². The first-order chi connectivity index (χ1) is 13.6. The van der Waals surface area contributed by atoms with Crippen molar-refractivity contribution in [2.45, 2.75) is 25.1 Å². The molecule has 8 heteroatoms. The summed E-state index contributed by atoms with van der Waals surface area (Å²) in [4.78, 5) is 15.8. The summed E-state index contributed by atoms with van der Waals surface area (Å²) in [7, 11) is 3.09. The molecule has 1 heterocycles. The van der Waals surface area contributed by atoms with E-state index in [2.05, 4.69) is 5.32 Å². The molecule has 0 spiro atoms. The number of anilines is 1. The zero-order chi connectivity index (χ0) is 21.3. The van der Waals surface area contributed by atoms with E-state index in [1.54, 1.807) is 32.2 Å². The van der Waals surface area contributed by atoms with Gasteiger partial charge in [-0.05, 0) is 48.4 Å². The van der Waals surface area contributed by atoms with Gasteiger partial charge in [-0.1, -0.05) is 12.1 Å². The number of rotatable bonds is 3. The second-order valence-electron chi connectivity index (χ2n) is 7.39. The number of likely N-dealkylation sites (N-methyl/N-ethyl adjacent to an activating group) is 1. The van der Waals surface area contributed by atoms with Gasteiger partial charge in [0.2, 0.25) is 0 Å². The van der Waals surface area contributed by atoms with Gasteiger partial charge in [-0.3, -0.25) is 4.90 Å². The summed E-state index contributed by atoms with van der Waals surface area (Å²) >= 11 is 0. The van der Waals surface area contributed by atoms with E-state index in [0.29, 0.717) is 18.7 Å². The fourth-order valence-corrected chi connectivity index (χ4v) is 3.73. The van der Waals surface area contributed by atoms with Crippen molar-refractivity contribution in [3.05, 3.63) is 65.0 Å². The zero-order valence-electron chi connectivity index (χ0n) is 16.4. The van der Waals surface area contributed by atoms with Crippen molar-refractivity contribution in [2.75, 3.05) is 32.1 Å². The van der Waals surface area contributed by atoms with Crippen molar-refractivity contribution in [1.82, 2.24) is 10.2 Å². The van der Waals surface area contributed by atoms with Crippen molar-refractivity contribution in [3.8, 4) is 0 Å². The minimum absolute atomic E-state index is 0.0406. The number of hydrogen-bond acceptors (Lipinski definition) is 2. The fourth-order valence-electron chi connectivity index (χ4n) is 3.73. The van der Waals surface area contributed by atoms with Crippen LogP contribution in [0.2, 0.25) is 0 Å². The van der Waals surface area contributed by atoms with E-state index in [0.717, 1.165) is 17.7 Å². The van der Waals surface area contributed by atoms with Crippen molar-refractivity contribution in [3.63, 3.8) is 0 Å². The molecule has 0 bridgehead atoms. The smallest absolute Gasteiger partial charge is 0.322 e. The Morgan fingerprint density at radius 1 is 1.07 bits per heavy atom. The lowest BCUT2D eigenvalue weighted by molar-refractivity contribution is -0.137. The van der Waals surface area contributed by atoms with E-state index in [9.17, 15) is 22.4 Å². The molecule has 1 aliphatic heterocycles. The van der Waals surface area contributed by atoms with Crippen LogP contribution in [0.15, 0.2) is 42.5 Å². The Kier molecular flexibility index (Phi) is 5.84. The lowest BCUT2D eigenvalue weighted by Crippen LogP contribution is -2.47. The molecule has 4 nitrogen and oxygen atoms in total. The van der Waals surface area contributed by atoms with Crippen LogP contribution in [0.3, 0.4) is 0 Å². The first-order valence-electron chi connectivity index (χ1n) is 9.23. The Labute approximate surface area is 167 Å². The summed E-state index contributed by atoms with van der Waals surface area (Å²) in [6.07, 6.45) is -4.49. The van der Waals surface area contributed by atoms with E-state index in [-0.39, 0.29) is 23.5 Å². The predicted octanol–water partition coefficient (Wildman–Crippen LogP) is 4.40. The second-order valence-corrected chi connectivity index (χ2v) is 7.39. The number of hydrogen-bond donors (Lipinski definition) is 1. The predicted molar refractivity (Wildman–Crippen MR) is 104 cm³/mol. The molecule has 1 fully saturated rings. The fraction of sp³-hybridized carbons (Fsp3) is 0.381. The Bertz CT molecular complexity index is 882. The largest absolute Gasteiger partial charge is 0.416 e. The number of aryl methyl sites for hydroxylation is 1. The van der Waals surface area contributed by atoms with Gasteiger partial charge in [-0.2, -0.15) is 13.2 Å². The topological polar surface area (TPSA) is 35.6 Å². The van der Waals surface area contributed by atoms with Crippen molar-refractivity contribution in [2.24, 2.45) is 0 Å². The van der Waals surface area contributed by atoms with Crippen LogP contribution in [-0.2, 0) is 6.18 Å². The first-order valence-corrected chi connectivity index (χ1v) is 9.23. The molecular formula is C21H23F4N3O. The molecule has 2 atom stereocenters. The van der Waals surface area contributed by atoms with Gasteiger partial charge in [0.05, 0.1) is 11.6 Å². The third-order valence-electron chi connectivity index (χ3n) is 5.34. The number of alkyl halides is 3. The molecule has 2 amide bonds. The van der Waals surface area contributed by atoms with Crippen molar-refractivity contribution < 1.29 is 22.4 Å². The summed E-state index contributed by atoms with van der Waals surface area (Å²) in [6, 6.07) is 9.10. The van der Waals surface area contributed by atoms with Crippen molar-refractivity contribution in [1.29, 1.82) is 0 Å². The normalized spacial score (nSPS) is 19.3. The number of benzene rings is 2. The SMILES string of the molecule is Cc1cc(N(C)C(=O)N(C)[C@@H]2CNC[C@H]2c2ccc(F)cc2)cc(C(F)(F)F)c1. The van der Waals surface area contributed by atoms with Gasteiger partial charge in [0.25, 0.3) is 0 Å². The average molecular weight is 409 g/mol. The second kappa shape index (κ2) is 8.02. The molecule has 3 rings (SSSR count). The third kappa shape index (κ3) is 4.53. The summed E-state index contributed by atoms with van der Waals surface area (Å²) in [5, 5.41) is 3.23. The molecule has 1 N–H and O–H groups in total. The number of amides is 2. The summed E-state index contributed by atoms with van der Waals surface area (Å²) < 4.78 is 52.6. The minimum Gasteiger partial charge on any atom is -0.322 e. The average Bonchev–Trinajstić information content (AvgIpc) is 3.15. The van der Waals surface area contributed by atoms with E-state index in [1.807, 2.05) is 0 Å². The lowest BCUT2D eigenvalue weighted by Gasteiger charge is -2.33. The monoisotopic (exact) mass is 409 g/mol. The Hall–Kier alpha value is -2.61. The van der Waals surface area contributed by atoms with E-state index < -0.39 is 17.8 Å². The van der Waals surface area contributed by atoms with Crippen LogP contribution in [0.4, 0.5) is 28.0 Å². The summed E-state index contributed by atoms with van der Waals surface area (Å²) in [6.45, 7) is 2.73. The van der Waals surface area contributed by atoms with Crippen LogP contribution in [0.5, 0.6) is 0 Å². The van der Waals surface area contributed by atoms with Crippen LogP contribution < -0.4 is 10.2 Å². The molecule has 2 aromatic carbocycles. The molecule has 0 unspecified atom stereocenters. The van der Waals surface area contributed by atoms with Gasteiger partial charge in [-0.15, -0.1) is 0 Å². The number of nitrogens with one attached hydrogen (secondary N) is 1. The van der Waals surface area contributed by atoms with E-state index in [1.165, 1.54) is 29.0 Å². The highest BCUT2D eigenvalue weighted by Gasteiger charge is 2.36. The molecule has 29 heavy (non-hydrogen) atoms. The number of carbonyl (C=O) groups excluding carboxylic acids is 1. The quantitative estimate of drug-likeness (QED) is 0.763. The van der Waals surface area contributed by atoms with E-state index in [4.69, 9.17) is 0 Å². The number of urea groups is 1. The van der Waals surface area contributed by atoms with Gasteiger partial charge in [0.15, 0.2) is 0 Å². The van der Waals surface area contributed by atoms with Crippen molar-refractivity contribution >= 4 is 11.7 Å². The van der Waals surface area contributed by atoms with E-state index >= 15 is 0 Å². The Morgan fingerprint density at radius 2 is 1.72 bits per heavy atom. The molecule has 0 aromatic heterocycles. The molecule has 2 aromatic rings. The number of nitrogens with zero attached hydrogens (tertiary/aromatic N) is 2. The van der Waals surface area contributed by atoms with Crippen LogP contribution >= 0.6 is 0 Å². The molecule has 156 valence electrons. The van der Waals surface area contributed by atoms with Crippen LogP contribution in [0, 0.1) is 12.7 Å². The van der Waals surface area contributed by atoms with Crippen LogP contribution in [-0.4, -0.2) is 44.2 Å². The van der Waals surface area contributed by atoms with Crippen LogP contribution in [0.25, 0.3) is 0 Å². The van der Waals surface area contributed by atoms with Gasteiger partial charge in [0, 0.05) is 38.8 Å². The number of carbonyl (C=O) groups is 1. The van der Waals surface area contributed by atoms with Gasteiger partial charge in [0.1, 0.15) is 5.82 Å². The summed E-state index contributed by atoms with van der Waals surface area (Å²) in [5.74, 6) is -0.374. The minimum atomic E-state index is -4.49. The lowest BCUT2D eigenvalue weighted by atomic mass is 9.93. The third-order valence-corrected chi connectivity index (χ3v) is 5.34. The Balaban J connectivity index is 1.82. The molecule has 1 saturated heterocycles. The number of halogens is 4. The maximum atomic E-state index is 13.2. The Morgan fingerprint density at radius 3 is 2.34 bits per heavy atom. The molecule has 0 radical (unpaired) electrons. The van der Waals surface area contributed by atoms with Gasteiger partial charge < -0.3 is 10.2 Å². The highest BCUT2D eigenvalue weighted by Crippen LogP contribution is 2.33. The zero-order valence-corrected chi connectivity index (χ0v) is 16.4. The molecule has 0 aliphatic carbocycles. The highest BCUT2D eigenvalue weighted by molar-refractivity contribution is 5.91. The standard InChI is InChI=1S/C21H23F4N3O/c1-13-8-15(21(23,24)25)10-17(9-13)27(2)20(29)28(3)19-12-26-11-18(19)14-4-6-16(22)7-5-14/h4-10,18-19,26H,11-12H2,1-3H3/t18-,19+/m0/s1. The molecule has 1 aliphatic rings. The molecule has 0 saturated carbocycles. The molecular weight excluding hydrogens is 386 g/mol. The van der Waals surface area contributed by atoms with Gasteiger partial charge >= 0.3 is 12.2 Å². The maximum Gasteiger partial charge on any atom is 0.416 e. The highest BCUT2D eigenvalue weighted by atomic mass is 19.4. The summed E-state index contributed by atoms with van der Waals surface area (Å²) in [5.41, 5.74) is 0.711.